The lowest BCUT2D eigenvalue weighted by Gasteiger charge is -2.18. The lowest BCUT2D eigenvalue weighted by molar-refractivity contribution is 0.317. The molecule has 2 aromatic rings. The number of hydrogen-bond donors (Lipinski definition) is 1. The van der Waals surface area contributed by atoms with E-state index in [-0.39, 0.29) is 0 Å². The molecular weight excluding hydrogens is 302 g/mol. The molecular formula is C15H18BrN3. The van der Waals surface area contributed by atoms with Gasteiger partial charge in [0.1, 0.15) is 0 Å². The highest BCUT2D eigenvalue weighted by Crippen LogP contribution is 2.14. The second-order valence-electron chi connectivity index (χ2n) is 4.61. The molecule has 1 aromatic carbocycles. The number of nitrogens with two attached hydrogens (primary N) is 1. The molecule has 0 saturated heterocycles. The lowest BCUT2D eigenvalue weighted by atomic mass is 10.1. The Morgan fingerprint density at radius 1 is 1.16 bits per heavy atom. The molecule has 1 heterocycles. The van der Waals surface area contributed by atoms with Crippen LogP contribution in [0.25, 0.3) is 0 Å². The average Bonchev–Trinajstić information content (AvgIpc) is 2.42. The van der Waals surface area contributed by atoms with Crippen LogP contribution in [0.15, 0.2) is 47.1 Å². The molecule has 4 heteroatoms. The molecule has 100 valence electrons. The summed E-state index contributed by atoms with van der Waals surface area (Å²) >= 11 is 3.45. The maximum Gasteiger partial charge on any atom is 0.0584 e. The Bertz CT molecular complexity index is 525. The van der Waals surface area contributed by atoms with Crippen molar-refractivity contribution in [2.75, 3.05) is 7.05 Å². The van der Waals surface area contributed by atoms with Crippen LogP contribution in [0.1, 0.15) is 16.8 Å². The van der Waals surface area contributed by atoms with Gasteiger partial charge in [0.05, 0.1) is 5.69 Å². The maximum atomic E-state index is 5.71. The normalized spacial score (nSPS) is 10.9. The summed E-state index contributed by atoms with van der Waals surface area (Å²) in [7, 11) is 2.11. The van der Waals surface area contributed by atoms with Gasteiger partial charge in [0.2, 0.25) is 0 Å². The number of nitrogens with zero attached hydrogens (tertiary/aromatic N) is 2. The van der Waals surface area contributed by atoms with Crippen LogP contribution in [-0.4, -0.2) is 16.9 Å². The van der Waals surface area contributed by atoms with Crippen molar-refractivity contribution in [3.05, 3.63) is 63.9 Å². The summed E-state index contributed by atoms with van der Waals surface area (Å²) in [6.45, 7) is 2.25. The Morgan fingerprint density at radius 2 is 1.89 bits per heavy atom. The third kappa shape index (κ3) is 4.13. The van der Waals surface area contributed by atoms with Crippen LogP contribution < -0.4 is 5.73 Å². The van der Waals surface area contributed by atoms with Crippen molar-refractivity contribution >= 4 is 15.9 Å². The predicted octanol–water partition coefficient (Wildman–Crippen LogP) is 2.93. The molecule has 0 amide bonds. The zero-order chi connectivity index (χ0) is 13.7. The molecule has 0 radical (unpaired) electrons. The van der Waals surface area contributed by atoms with E-state index in [1.54, 1.807) is 6.20 Å². The first-order chi connectivity index (χ1) is 9.19. The summed E-state index contributed by atoms with van der Waals surface area (Å²) in [5.74, 6) is 0. The van der Waals surface area contributed by atoms with Crippen LogP contribution in [0.2, 0.25) is 0 Å². The molecule has 1 aromatic heterocycles. The van der Waals surface area contributed by atoms with E-state index in [1.807, 2.05) is 6.07 Å². The molecule has 0 saturated carbocycles. The minimum atomic E-state index is 0.488. The summed E-state index contributed by atoms with van der Waals surface area (Å²) in [5.41, 5.74) is 9.18. The zero-order valence-corrected chi connectivity index (χ0v) is 12.6. The van der Waals surface area contributed by atoms with E-state index in [1.165, 1.54) is 11.1 Å². The fourth-order valence-electron chi connectivity index (χ4n) is 2.05. The number of rotatable bonds is 5. The van der Waals surface area contributed by atoms with E-state index in [4.69, 9.17) is 5.73 Å². The minimum Gasteiger partial charge on any atom is -0.325 e. The molecule has 19 heavy (non-hydrogen) atoms. The van der Waals surface area contributed by atoms with Gasteiger partial charge in [-0.2, -0.15) is 0 Å². The highest BCUT2D eigenvalue weighted by Gasteiger charge is 2.06. The number of pyridine rings is 1. The van der Waals surface area contributed by atoms with E-state index in [9.17, 15) is 0 Å². The maximum absolute atomic E-state index is 5.71. The van der Waals surface area contributed by atoms with Gasteiger partial charge in [0.25, 0.3) is 0 Å². The molecule has 3 nitrogen and oxygen atoms in total. The highest BCUT2D eigenvalue weighted by atomic mass is 79.9. The Labute approximate surface area is 122 Å². The van der Waals surface area contributed by atoms with Gasteiger partial charge < -0.3 is 5.73 Å². The summed E-state index contributed by atoms with van der Waals surface area (Å²) in [6.07, 6.45) is 1.79. The second kappa shape index (κ2) is 6.80. The van der Waals surface area contributed by atoms with E-state index in [0.29, 0.717) is 6.54 Å². The first-order valence-corrected chi connectivity index (χ1v) is 7.04. The van der Waals surface area contributed by atoms with Crippen molar-refractivity contribution < 1.29 is 0 Å². The van der Waals surface area contributed by atoms with Gasteiger partial charge in [-0.15, -0.1) is 0 Å². The number of halogens is 1. The number of hydrogen-bond acceptors (Lipinski definition) is 3. The third-order valence-electron chi connectivity index (χ3n) is 2.98. The van der Waals surface area contributed by atoms with E-state index in [2.05, 4.69) is 63.2 Å². The van der Waals surface area contributed by atoms with Crippen molar-refractivity contribution in [3.63, 3.8) is 0 Å². The van der Waals surface area contributed by atoms with Gasteiger partial charge in [0.15, 0.2) is 0 Å². The van der Waals surface area contributed by atoms with E-state index in [0.717, 1.165) is 23.3 Å². The van der Waals surface area contributed by atoms with Crippen LogP contribution in [0, 0.1) is 0 Å². The van der Waals surface area contributed by atoms with Gasteiger partial charge in [-0.3, -0.25) is 9.88 Å². The number of aromatic nitrogens is 1. The Balaban J connectivity index is 2.01. The Kier molecular flexibility index (Phi) is 5.07. The fraction of sp³-hybridized carbons (Fsp3) is 0.267. The van der Waals surface area contributed by atoms with Crippen LogP contribution in [0.4, 0.5) is 0 Å². The zero-order valence-electron chi connectivity index (χ0n) is 11.0. The highest BCUT2D eigenvalue weighted by molar-refractivity contribution is 9.10. The topological polar surface area (TPSA) is 42.2 Å². The summed E-state index contributed by atoms with van der Waals surface area (Å²) < 4.78 is 1.11. The number of benzene rings is 1. The quantitative estimate of drug-likeness (QED) is 0.921. The Hall–Kier alpha value is -1.23. The standard InChI is InChI=1S/C15H18BrN3/c1-19(10-12-4-6-14(16)7-5-12)11-13-3-2-8-18-15(13)9-17/h2-8H,9-11,17H2,1H3. The minimum absolute atomic E-state index is 0.488. The fourth-order valence-corrected chi connectivity index (χ4v) is 2.31. The SMILES string of the molecule is CN(Cc1ccc(Br)cc1)Cc1cccnc1CN. The monoisotopic (exact) mass is 319 g/mol. The largest absolute Gasteiger partial charge is 0.325 e. The second-order valence-corrected chi connectivity index (χ2v) is 5.53. The smallest absolute Gasteiger partial charge is 0.0584 e. The molecule has 0 unspecified atom stereocenters. The lowest BCUT2D eigenvalue weighted by Crippen LogP contribution is -2.19. The average molecular weight is 320 g/mol. The van der Waals surface area contributed by atoms with Crippen molar-refractivity contribution in [1.29, 1.82) is 0 Å². The van der Waals surface area contributed by atoms with E-state index >= 15 is 0 Å². The molecule has 0 fully saturated rings. The van der Waals surface area contributed by atoms with Crippen LogP contribution in [-0.2, 0) is 19.6 Å². The molecule has 2 N–H and O–H groups in total. The van der Waals surface area contributed by atoms with Gasteiger partial charge in [-0.25, -0.2) is 0 Å². The summed E-state index contributed by atoms with van der Waals surface area (Å²) in [4.78, 5) is 6.57. The molecule has 0 spiro atoms. The van der Waals surface area contributed by atoms with Crippen LogP contribution in [0.3, 0.4) is 0 Å². The molecule has 0 aliphatic heterocycles. The predicted molar refractivity (Wildman–Crippen MR) is 81.4 cm³/mol. The van der Waals surface area contributed by atoms with Gasteiger partial charge in [-0.05, 0) is 36.4 Å². The Morgan fingerprint density at radius 3 is 2.58 bits per heavy atom. The summed E-state index contributed by atoms with van der Waals surface area (Å²) in [5, 5.41) is 0. The van der Waals surface area contributed by atoms with Gasteiger partial charge in [-0.1, -0.05) is 34.1 Å². The van der Waals surface area contributed by atoms with Gasteiger partial charge in [0, 0.05) is 30.3 Å². The van der Waals surface area contributed by atoms with Crippen LogP contribution in [0.5, 0.6) is 0 Å². The van der Waals surface area contributed by atoms with Crippen molar-refractivity contribution in [2.45, 2.75) is 19.6 Å². The summed E-state index contributed by atoms with van der Waals surface area (Å²) in [6, 6.07) is 12.5. The van der Waals surface area contributed by atoms with Gasteiger partial charge >= 0.3 is 0 Å². The van der Waals surface area contributed by atoms with Crippen molar-refractivity contribution in [1.82, 2.24) is 9.88 Å². The van der Waals surface area contributed by atoms with Crippen molar-refractivity contribution in [2.24, 2.45) is 5.73 Å². The first kappa shape index (κ1) is 14.2. The molecule has 2 rings (SSSR count). The molecule has 0 bridgehead atoms. The van der Waals surface area contributed by atoms with Crippen LogP contribution >= 0.6 is 15.9 Å². The molecule has 0 aliphatic rings. The molecule has 0 aliphatic carbocycles. The van der Waals surface area contributed by atoms with E-state index < -0.39 is 0 Å². The first-order valence-electron chi connectivity index (χ1n) is 6.25. The molecule has 0 atom stereocenters. The third-order valence-corrected chi connectivity index (χ3v) is 3.51. The van der Waals surface area contributed by atoms with Crippen molar-refractivity contribution in [3.8, 4) is 0 Å².